The fraction of sp³-hybridized carbons (Fsp3) is 0.389. The first-order valence-electron chi connectivity index (χ1n) is 8.00. The lowest BCUT2D eigenvalue weighted by Crippen LogP contribution is -2.36. The van der Waals surface area contributed by atoms with Crippen molar-refractivity contribution in [2.24, 2.45) is 0 Å². The smallest absolute Gasteiger partial charge is 0.255 e. The zero-order chi connectivity index (χ0) is 16.2. The average Bonchev–Trinajstić information content (AvgIpc) is 2.58. The summed E-state index contributed by atoms with van der Waals surface area (Å²) in [6, 6.07) is 11.1. The molecule has 2 aromatic rings. The van der Waals surface area contributed by atoms with E-state index in [1.54, 1.807) is 16.7 Å². The molecule has 1 aromatic heterocycles. The van der Waals surface area contributed by atoms with Crippen molar-refractivity contribution in [3.8, 4) is 6.07 Å². The van der Waals surface area contributed by atoms with E-state index < -0.39 is 0 Å². The van der Waals surface area contributed by atoms with Crippen molar-refractivity contribution in [1.29, 1.82) is 5.26 Å². The van der Waals surface area contributed by atoms with Gasteiger partial charge in [0.25, 0.3) is 5.56 Å². The molecule has 23 heavy (non-hydrogen) atoms. The van der Waals surface area contributed by atoms with E-state index in [0.717, 1.165) is 43.1 Å². The SMILES string of the molecule is Cc1cc(=O)n(Cc2cccc(C#N)c2)c(N2CCCCC2)n1. The van der Waals surface area contributed by atoms with Crippen molar-refractivity contribution in [3.05, 3.63) is 57.5 Å². The molecule has 0 unspecified atom stereocenters. The van der Waals surface area contributed by atoms with Gasteiger partial charge in [-0.05, 0) is 43.9 Å². The molecule has 0 amide bonds. The Labute approximate surface area is 135 Å². The van der Waals surface area contributed by atoms with Gasteiger partial charge >= 0.3 is 0 Å². The van der Waals surface area contributed by atoms with Gasteiger partial charge in [0.05, 0.1) is 18.2 Å². The zero-order valence-electron chi connectivity index (χ0n) is 13.3. The second-order valence-corrected chi connectivity index (χ2v) is 5.98. The maximum absolute atomic E-state index is 12.5. The first-order chi connectivity index (χ1) is 11.2. The molecule has 1 aliphatic heterocycles. The maximum Gasteiger partial charge on any atom is 0.255 e. The molecule has 0 aliphatic carbocycles. The molecule has 0 N–H and O–H groups in total. The summed E-state index contributed by atoms with van der Waals surface area (Å²) in [4.78, 5) is 19.3. The first-order valence-corrected chi connectivity index (χ1v) is 8.00. The van der Waals surface area contributed by atoms with E-state index in [1.807, 2.05) is 25.1 Å². The molecule has 5 heteroatoms. The van der Waals surface area contributed by atoms with E-state index in [0.29, 0.717) is 12.1 Å². The Hall–Kier alpha value is -2.61. The molecule has 5 nitrogen and oxygen atoms in total. The average molecular weight is 308 g/mol. The van der Waals surface area contributed by atoms with Crippen LogP contribution in [-0.2, 0) is 6.54 Å². The molecule has 1 aliphatic rings. The van der Waals surface area contributed by atoms with Crippen molar-refractivity contribution in [2.75, 3.05) is 18.0 Å². The van der Waals surface area contributed by atoms with Gasteiger partial charge < -0.3 is 4.90 Å². The van der Waals surface area contributed by atoms with Crippen molar-refractivity contribution in [1.82, 2.24) is 9.55 Å². The molecular formula is C18H20N4O. The summed E-state index contributed by atoms with van der Waals surface area (Å²) in [5, 5.41) is 9.04. The highest BCUT2D eigenvalue weighted by atomic mass is 16.1. The van der Waals surface area contributed by atoms with Gasteiger partial charge in [-0.15, -0.1) is 0 Å². The summed E-state index contributed by atoms with van der Waals surface area (Å²) < 4.78 is 1.72. The predicted molar refractivity (Wildman–Crippen MR) is 89.6 cm³/mol. The molecule has 0 bridgehead atoms. The maximum atomic E-state index is 12.5. The van der Waals surface area contributed by atoms with Crippen LogP contribution in [0.3, 0.4) is 0 Å². The van der Waals surface area contributed by atoms with E-state index in [1.165, 1.54) is 6.42 Å². The molecule has 0 radical (unpaired) electrons. The molecule has 1 fully saturated rings. The third-order valence-electron chi connectivity index (χ3n) is 4.15. The summed E-state index contributed by atoms with van der Waals surface area (Å²) in [6.45, 7) is 4.17. The Bertz CT molecular complexity index is 797. The Balaban J connectivity index is 2.00. The standard InChI is InChI=1S/C18H20N4O/c1-14-10-17(23)22(13-16-7-5-6-15(11-16)12-19)18(20-14)21-8-3-2-4-9-21/h5-7,10-11H,2-4,8-9,13H2,1H3. The van der Waals surface area contributed by atoms with Gasteiger partial charge in [-0.1, -0.05) is 12.1 Å². The van der Waals surface area contributed by atoms with Crippen LogP contribution in [0.2, 0.25) is 0 Å². The monoisotopic (exact) mass is 308 g/mol. The fourth-order valence-corrected chi connectivity index (χ4v) is 3.01. The van der Waals surface area contributed by atoms with Gasteiger partial charge in [0.2, 0.25) is 5.95 Å². The Morgan fingerprint density at radius 3 is 2.74 bits per heavy atom. The number of benzene rings is 1. The predicted octanol–water partition coefficient (Wildman–Crippen LogP) is 2.46. The fourth-order valence-electron chi connectivity index (χ4n) is 3.01. The van der Waals surface area contributed by atoms with Gasteiger partial charge in [-0.25, -0.2) is 4.98 Å². The van der Waals surface area contributed by atoms with Crippen molar-refractivity contribution < 1.29 is 0 Å². The third kappa shape index (κ3) is 3.42. The first kappa shape index (κ1) is 15.3. The molecule has 118 valence electrons. The van der Waals surface area contributed by atoms with Crippen LogP contribution in [-0.4, -0.2) is 22.6 Å². The topological polar surface area (TPSA) is 61.9 Å². The van der Waals surface area contributed by atoms with Crippen LogP contribution >= 0.6 is 0 Å². The summed E-state index contributed by atoms with van der Waals surface area (Å²) in [7, 11) is 0. The van der Waals surface area contributed by atoms with Gasteiger partial charge in [-0.2, -0.15) is 5.26 Å². The van der Waals surface area contributed by atoms with E-state index in [9.17, 15) is 4.79 Å². The largest absolute Gasteiger partial charge is 0.342 e. The van der Waals surface area contributed by atoms with Crippen LogP contribution in [0.1, 0.15) is 36.1 Å². The van der Waals surface area contributed by atoms with Crippen LogP contribution in [0.5, 0.6) is 0 Å². The Kier molecular flexibility index (Phi) is 4.42. The third-order valence-corrected chi connectivity index (χ3v) is 4.15. The minimum absolute atomic E-state index is 0.0413. The molecule has 0 atom stereocenters. The van der Waals surface area contributed by atoms with Crippen LogP contribution in [0.15, 0.2) is 35.1 Å². The normalized spacial score (nSPS) is 14.5. The number of aromatic nitrogens is 2. The quantitative estimate of drug-likeness (QED) is 0.874. The molecule has 1 saturated heterocycles. The highest BCUT2D eigenvalue weighted by molar-refractivity contribution is 5.36. The number of rotatable bonds is 3. The van der Waals surface area contributed by atoms with Gasteiger partial charge in [-0.3, -0.25) is 9.36 Å². The number of nitriles is 1. The minimum atomic E-state index is -0.0413. The van der Waals surface area contributed by atoms with Crippen molar-refractivity contribution in [3.63, 3.8) is 0 Å². The number of anilines is 1. The number of aryl methyl sites for hydroxylation is 1. The molecule has 3 rings (SSSR count). The zero-order valence-corrected chi connectivity index (χ0v) is 13.3. The van der Waals surface area contributed by atoms with E-state index in [4.69, 9.17) is 5.26 Å². The highest BCUT2D eigenvalue weighted by Crippen LogP contribution is 2.18. The van der Waals surface area contributed by atoms with Crippen LogP contribution in [0, 0.1) is 18.3 Å². The van der Waals surface area contributed by atoms with Gasteiger partial charge in [0.1, 0.15) is 0 Å². The molecule has 2 heterocycles. The van der Waals surface area contributed by atoms with Crippen molar-refractivity contribution in [2.45, 2.75) is 32.7 Å². The number of nitrogens with zero attached hydrogens (tertiary/aromatic N) is 4. The van der Waals surface area contributed by atoms with E-state index >= 15 is 0 Å². The highest BCUT2D eigenvalue weighted by Gasteiger charge is 2.17. The summed E-state index contributed by atoms with van der Waals surface area (Å²) >= 11 is 0. The summed E-state index contributed by atoms with van der Waals surface area (Å²) in [6.07, 6.45) is 3.50. The lowest BCUT2D eigenvalue weighted by atomic mass is 10.1. The molecular weight excluding hydrogens is 288 g/mol. The van der Waals surface area contributed by atoms with Crippen LogP contribution in [0.4, 0.5) is 5.95 Å². The number of hydrogen-bond donors (Lipinski definition) is 0. The molecule has 0 saturated carbocycles. The summed E-state index contributed by atoms with van der Waals surface area (Å²) in [5.74, 6) is 0.747. The minimum Gasteiger partial charge on any atom is -0.342 e. The molecule has 0 spiro atoms. The van der Waals surface area contributed by atoms with Crippen LogP contribution in [0.25, 0.3) is 0 Å². The number of piperidine rings is 1. The van der Waals surface area contributed by atoms with Crippen molar-refractivity contribution >= 4 is 5.95 Å². The van der Waals surface area contributed by atoms with Gasteiger partial charge in [0.15, 0.2) is 0 Å². The lowest BCUT2D eigenvalue weighted by Gasteiger charge is -2.29. The molecule has 1 aromatic carbocycles. The van der Waals surface area contributed by atoms with Crippen LogP contribution < -0.4 is 10.5 Å². The summed E-state index contributed by atoms with van der Waals surface area (Å²) in [5.41, 5.74) is 2.25. The van der Waals surface area contributed by atoms with E-state index in [2.05, 4.69) is 16.0 Å². The van der Waals surface area contributed by atoms with E-state index in [-0.39, 0.29) is 5.56 Å². The number of hydrogen-bond acceptors (Lipinski definition) is 4. The lowest BCUT2D eigenvalue weighted by molar-refractivity contribution is 0.550. The second kappa shape index (κ2) is 6.66. The van der Waals surface area contributed by atoms with Gasteiger partial charge in [0, 0.05) is 24.8 Å². The second-order valence-electron chi connectivity index (χ2n) is 5.98. The Morgan fingerprint density at radius 2 is 2.00 bits per heavy atom. The Morgan fingerprint density at radius 1 is 1.22 bits per heavy atom.